The number of carbonyl (C=O) groups is 2. The molecule has 0 aliphatic carbocycles. The summed E-state index contributed by atoms with van der Waals surface area (Å²) >= 11 is 0. The molecule has 9 atom stereocenters. The van der Waals surface area contributed by atoms with Gasteiger partial charge in [0.25, 0.3) is 0 Å². The largest absolute Gasteiger partial charge is 0.458 e. The summed E-state index contributed by atoms with van der Waals surface area (Å²) in [6, 6.07) is 28.9. The van der Waals surface area contributed by atoms with Gasteiger partial charge in [-0.1, -0.05) is 91.0 Å². The lowest BCUT2D eigenvalue weighted by molar-refractivity contribution is -0.347. The molecule has 11 heteroatoms. The van der Waals surface area contributed by atoms with E-state index in [2.05, 4.69) is 0 Å². The second-order valence-corrected chi connectivity index (χ2v) is 11.9. The van der Waals surface area contributed by atoms with Gasteiger partial charge in [-0.15, -0.1) is 0 Å². The molecule has 0 spiro atoms. The lowest BCUT2D eigenvalue weighted by Crippen LogP contribution is -2.63. The van der Waals surface area contributed by atoms with Crippen LogP contribution in [0.1, 0.15) is 43.9 Å². The first kappa shape index (κ1) is 35.6. The van der Waals surface area contributed by atoms with E-state index in [4.69, 9.17) is 37.9 Å². The Hall–Kier alpha value is -3.68. The Morgan fingerprint density at radius 3 is 1.75 bits per heavy atom. The first-order valence-corrected chi connectivity index (χ1v) is 16.2. The highest BCUT2D eigenvalue weighted by Crippen LogP contribution is 2.33. The van der Waals surface area contributed by atoms with E-state index in [1.54, 1.807) is 6.92 Å². The van der Waals surface area contributed by atoms with Crippen LogP contribution in [-0.2, 0) is 67.3 Å². The van der Waals surface area contributed by atoms with Crippen LogP contribution in [0.5, 0.6) is 0 Å². The van der Waals surface area contributed by atoms with Crippen molar-refractivity contribution in [3.8, 4) is 0 Å². The second-order valence-electron chi connectivity index (χ2n) is 11.9. The highest BCUT2D eigenvalue weighted by atomic mass is 16.7. The monoisotopic (exact) mass is 664 g/mol. The van der Waals surface area contributed by atoms with Crippen LogP contribution >= 0.6 is 0 Å². The maximum atomic E-state index is 12.0. The van der Waals surface area contributed by atoms with E-state index in [0.29, 0.717) is 6.61 Å². The second kappa shape index (κ2) is 17.6. The Balaban J connectivity index is 1.41. The number of rotatable bonds is 14. The topological polar surface area (TPSA) is 128 Å². The molecule has 0 radical (unpaired) electrons. The molecule has 2 fully saturated rings. The van der Waals surface area contributed by atoms with Crippen molar-refractivity contribution in [3.63, 3.8) is 0 Å². The fourth-order valence-corrected chi connectivity index (χ4v) is 5.91. The number of esters is 2. The molecule has 0 aromatic heterocycles. The van der Waals surface area contributed by atoms with Crippen molar-refractivity contribution in [1.29, 1.82) is 0 Å². The molecule has 2 aliphatic rings. The number of aliphatic hydroxyl groups is 1. The van der Waals surface area contributed by atoms with Crippen LogP contribution in [-0.4, -0.2) is 79.0 Å². The highest BCUT2D eigenvalue weighted by Gasteiger charge is 2.50. The van der Waals surface area contributed by atoms with E-state index >= 15 is 0 Å². The number of ether oxygens (including phenoxy) is 8. The zero-order valence-corrected chi connectivity index (χ0v) is 27.4. The summed E-state index contributed by atoms with van der Waals surface area (Å²) in [7, 11) is 0. The minimum atomic E-state index is -1.37. The maximum Gasteiger partial charge on any atom is 0.303 e. The molecule has 0 amide bonds. The average molecular weight is 665 g/mol. The first-order valence-electron chi connectivity index (χ1n) is 16.2. The van der Waals surface area contributed by atoms with Crippen molar-refractivity contribution in [2.24, 2.45) is 0 Å². The first-order chi connectivity index (χ1) is 23.3. The highest BCUT2D eigenvalue weighted by molar-refractivity contribution is 5.67. The van der Waals surface area contributed by atoms with Gasteiger partial charge in [0, 0.05) is 20.3 Å². The smallest absolute Gasteiger partial charge is 0.303 e. The molecule has 258 valence electrons. The van der Waals surface area contributed by atoms with Crippen LogP contribution in [0.2, 0.25) is 0 Å². The third kappa shape index (κ3) is 10.2. The van der Waals surface area contributed by atoms with Gasteiger partial charge in [0.2, 0.25) is 0 Å². The lowest BCUT2D eigenvalue weighted by Gasteiger charge is -2.47. The summed E-state index contributed by atoms with van der Waals surface area (Å²) in [5.74, 6) is -1.05. The van der Waals surface area contributed by atoms with Gasteiger partial charge >= 0.3 is 11.9 Å². The molecular formula is C37H44O11. The van der Waals surface area contributed by atoms with Gasteiger partial charge in [0.05, 0.1) is 32.5 Å². The maximum absolute atomic E-state index is 12.0. The molecule has 3 aromatic carbocycles. The molecule has 2 aliphatic heterocycles. The van der Waals surface area contributed by atoms with E-state index < -0.39 is 67.2 Å². The fourth-order valence-electron chi connectivity index (χ4n) is 5.91. The fraction of sp³-hybridized carbons (Fsp3) is 0.459. The van der Waals surface area contributed by atoms with Crippen molar-refractivity contribution in [3.05, 3.63) is 108 Å². The molecule has 2 heterocycles. The third-order valence-electron chi connectivity index (χ3n) is 8.12. The van der Waals surface area contributed by atoms with Crippen LogP contribution in [0.25, 0.3) is 0 Å². The normalized spacial score (nSPS) is 28.8. The van der Waals surface area contributed by atoms with Gasteiger partial charge in [-0.3, -0.25) is 9.59 Å². The van der Waals surface area contributed by atoms with E-state index in [0.717, 1.165) is 16.7 Å². The Kier molecular flexibility index (Phi) is 13.1. The number of carbonyl (C=O) groups excluding carboxylic acids is 2. The van der Waals surface area contributed by atoms with Crippen LogP contribution in [0.3, 0.4) is 0 Å². The van der Waals surface area contributed by atoms with Gasteiger partial charge in [0.1, 0.15) is 30.5 Å². The van der Waals surface area contributed by atoms with E-state index in [-0.39, 0.29) is 26.2 Å². The molecule has 2 saturated heterocycles. The van der Waals surface area contributed by atoms with Crippen LogP contribution in [0, 0.1) is 0 Å². The summed E-state index contributed by atoms with van der Waals surface area (Å²) in [5.41, 5.74) is 2.79. The summed E-state index contributed by atoms with van der Waals surface area (Å²) in [4.78, 5) is 23.9. The molecule has 4 unspecified atom stereocenters. The Labute approximate surface area is 280 Å². The quantitative estimate of drug-likeness (QED) is 0.245. The summed E-state index contributed by atoms with van der Waals surface area (Å²) < 4.78 is 48.9. The zero-order chi connectivity index (χ0) is 33.9. The van der Waals surface area contributed by atoms with Gasteiger partial charge in [-0.05, 0) is 23.6 Å². The number of benzene rings is 3. The van der Waals surface area contributed by atoms with E-state index in [1.165, 1.54) is 13.8 Å². The number of hydrogen-bond acceptors (Lipinski definition) is 11. The minimum Gasteiger partial charge on any atom is -0.458 e. The molecule has 0 bridgehead atoms. The zero-order valence-electron chi connectivity index (χ0n) is 27.4. The number of hydrogen-bond donors (Lipinski definition) is 1. The third-order valence-corrected chi connectivity index (χ3v) is 8.12. The summed E-state index contributed by atoms with van der Waals surface area (Å²) in [6.07, 6.45) is -8.02. The molecule has 3 aromatic rings. The van der Waals surface area contributed by atoms with E-state index in [9.17, 15) is 14.7 Å². The van der Waals surface area contributed by atoms with Crippen LogP contribution < -0.4 is 0 Å². The van der Waals surface area contributed by atoms with Crippen molar-refractivity contribution in [2.75, 3.05) is 6.61 Å². The van der Waals surface area contributed by atoms with Crippen LogP contribution in [0.4, 0.5) is 0 Å². The van der Waals surface area contributed by atoms with Gasteiger partial charge in [0.15, 0.2) is 18.7 Å². The Morgan fingerprint density at radius 2 is 1.21 bits per heavy atom. The Morgan fingerprint density at radius 1 is 0.688 bits per heavy atom. The molecule has 11 nitrogen and oxygen atoms in total. The molecular weight excluding hydrogens is 620 g/mol. The summed E-state index contributed by atoms with van der Waals surface area (Å²) in [5, 5.41) is 11.4. The predicted octanol–water partition coefficient (Wildman–Crippen LogP) is 4.47. The Bertz CT molecular complexity index is 1410. The van der Waals surface area contributed by atoms with Crippen molar-refractivity contribution in [1.82, 2.24) is 0 Å². The molecule has 5 rings (SSSR count). The van der Waals surface area contributed by atoms with Crippen molar-refractivity contribution < 1.29 is 52.6 Å². The molecule has 0 saturated carbocycles. The van der Waals surface area contributed by atoms with Crippen molar-refractivity contribution in [2.45, 2.75) is 102 Å². The van der Waals surface area contributed by atoms with E-state index in [1.807, 2.05) is 91.0 Å². The van der Waals surface area contributed by atoms with Gasteiger partial charge < -0.3 is 43.0 Å². The van der Waals surface area contributed by atoms with Crippen molar-refractivity contribution >= 4 is 11.9 Å². The average Bonchev–Trinajstić information content (AvgIpc) is 3.07. The van der Waals surface area contributed by atoms with Gasteiger partial charge in [-0.25, -0.2) is 0 Å². The van der Waals surface area contributed by atoms with Gasteiger partial charge in [-0.2, -0.15) is 0 Å². The predicted molar refractivity (Wildman–Crippen MR) is 172 cm³/mol. The molecule has 1 N–H and O–H groups in total. The van der Waals surface area contributed by atoms with Crippen LogP contribution in [0.15, 0.2) is 91.0 Å². The lowest BCUT2D eigenvalue weighted by atomic mass is 9.97. The molecule has 48 heavy (non-hydrogen) atoms. The minimum absolute atomic E-state index is 0.0545. The summed E-state index contributed by atoms with van der Waals surface area (Å²) in [6.45, 7) is 5.05. The SMILES string of the molecule is CC(=O)O[C@@H]1C(C)O[C@@H](O[C@@H]2C(COCc3ccccc3)O[C@H](O)C(OCc3ccccc3)C2OCc2ccccc2)C[C@H]1OC(C)=O. The standard InChI is InChI=1S/C37H44O11/c1-24-33(46-26(3)39)30(45-25(2)38)19-32(44-24)48-34-31(23-41-20-27-13-7-4-8-14-27)47-37(40)36(43-22-29-17-11-6-12-18-29)35(34)42-21-28-15-9-5-10-16-28/h4-18,24,30-37,40H,19-23H2,1-3H3/t24?,30-,31?,32+,33-,34-,35?,36?,37+/m1/s1. The number of aliphatic hydroxyl groups excluding tert-OH is 1.